The number of halogens is 1. The van der Waals surface area contributed by atoms with Crippen LogP contribution in [0.15, 0.2) is 47.0 Å². The third-order valence-electron chi connectivity index (χ3n) is 4.45. The zero-order chi connectivity index (χ0) is 21.0. The number of nitrogens with zero attached hydrogens (tertiary/aromatic N) is 3. The van der Waals surface area contributed by atoms with E-state index in [1.54, 1.807) is 13.1 Å². The number of rotatable bonds is 7. The first-order valence-electron chi connectivity index (χ1n) is 9.44. The Balaban J connectivity index is 1.68. The molecule has 152 valence electrons. The van der Waals surface area contributed by atoms with E-state index in [0.717, 1.165) is 11.1 Å². The van der Waals surface area contributed by atoms with Gasteiger partial charge < -0.3 is 14.2 Å². The highest BCUT2D eigenvalue weighted by Gasteiger charge is 2.24. The summed E-state index contributed by atoms with van der Waals surface area (Å²) < 4.78 is 11.3. The minimum atomic E-state index is -0.591. The van der Waals surface area contributed by atoms with Crippen LogP contribution in [0.4, 0.5) is 0 Å². The van der Waals surface area contributed by atoms with Gasteiger partial charge in [-0.15, -0.1) is 0 Å². The number of ether oxygens (including phenoxy) is 1. The lowest BCUT2D eigenvalue weighted by atomic mass is 10.1. The number of aryl methyl sites for hydroxylation is 2. The molecule has 1 amide bonds. The van der Waals surface area contributed by atoms with Gasteiger partial charge in [-0.25, -0.2) is 0 Å². The zero-order valence-corrected chi connectivity index (χ0v) is 17.7. The molecule has 1 atom stereocenters. The molecule has 0 saturated carbocycles. The van der Waals surface area contributed by atoms with Crippen LogP contribution in [0.5, 0.6) is 5.75 Å². The van der Waals surface area contributed by atoms with Gasteiger partial charge in [0, 0.05) is 12.6 Å². The second kappa shape index (κ2) is 9.09. The average Bonchev–Trinajstić information content (AvgIpc) is 3.13. The van der Waals surface area contributed by atoms with Crippen molar-refractivity contribution in [1.82, 2.24) is 15.0 Å². The van der Waals surface area contributed by atoms with Gasteiger partial charge in [-0.3, -0.25) is 4.79 Å². The SMILES string of the molecule is CC[C@H](Oc1cc(C)cc(C)c1)C(=O)N(C)Cc1nc(-c2ccccc2Cl)no1. The van der Waals surface area contributed by atoms with Crippen molar-refractivity contribution in [1.29, 1.82) is 0 Å². The number of amides is 1. The summed E-state index contributed by atoms with van der Waals surface area (Å²) in [5.74, 6) is 1.26. The van der Waals surface area contributed by atoms with Crippen LogP contribution in [0.3, 0.4) is 0 Å². The average molecular weight is 414 g/mol. The Kier molecular flexibility index (Phi) is 6.54. The van der Waals surface area contributed by atoms with E-state index in [0.29, 0.717) is 34.5 Å². The lowest BCUT2D eigenvalue weighted by Gasteiger charge is -2.23. The number of carbonyl (C=O) groups is 1. The maximum Gasteiger partial charge on any atom is 0.263 e. The predicted molar refractivity (Wildman–Crippen MR) is 112 cm³/mol. The topological polar surface area (TPSA) is 68.5 Å². The summed E-state index contributed by atoms with van der Waals surface area (Å²) in [6.07, 6.45) is -0.0441. The van der Waals surface area contributed by atoms with Crippen molar-refractivity contribution in [3.8, 4) is 17.1 Å². The van der Waals surface area contributed by atoms with Crippen LogP contribution in [-0.4, -0.2) is 34.1 Å². The zero-order valence-electron chi connectivity index (χ0n) is 17.0. The van der Waals surface area contributed by atoms with Crippen molar-refractivity contribution >= 4 is 17.5 Å². The fraction of sp³-hybridized carbons (Fsp3) is 0.318. The largest absolute Gasteiger partial charge is 0.481 e. The first-order valence-corrected chi connectivity index (χ1v) is 9.82. The van der Waals surface area contributed by atoms with Gasteiger partial charge in [-0.1, -0.05) is 41.9 Å². The van der Waals surface area contributed by atoms with Gasteiger partial charge in [-0.05, 0) is 55.7 Å². The number of benzene rings is 2. The summed E-state index contributed by atoms with van der Waals surface area (Å²) in [5.41, 5.74) is 2.87. The molecule has 0 aliphatic heterocycles. The minimum Gasteiger partial charge on any atom is -0.481 e. The first kappa shape index (κ1) is 20.9. The van der Waals surface area contributed by atoms with Crippen molar-refractivity contribution in [2.75, 3.05) is 7.05 Å². The lowest BCUT2D eigenvalue weighted by molar-refractivity contribution is -0.138. The number of likely N-dealkylation sites (N-methyl/N-ethyl adjacent to an activating group) is 1. The van der Waals surface area contributed by atoms with Crippen LogP contribution < -0.4 is 4.74 Å². The number of carbonyl (C=O) groups excluding carboxylic acids is 1. The Bertz CT molecular complexity index is 982. The monoisotopic (exact) mass is 413 g/mol. The van der Waals surface area contributed by atoms with Crippen molar-refractivity contribution in [3.05, 3.63) is 64.5 Å². The van der Waals surface area contributed by atoms with Crippen molar-refractivity contribution in [2.45, 2.75) is 39.8 Å². The van der Waals surface area contributed by atoms with Gasteiger partial charge in [0.25, 0.3) is 5.91 Å². The molecule has 0 radical (unpaired) electrons. The number of aromatic nitrogens is 2. The van der Waals surface area contributed by atoms with E-state index in [1.807, 2.05) is 51.1 Å². The Morgan fingerprint density at radius 1 is 1.21 bits per heavy atom. The second-order valence-electron chi connectivity index (χ2n) is 7.02. The highest BCUT2D eigenvalue weighted by Crippen LogP contribution is 2.25. The summed E-state index contributed by atoms with van der Waals surface area (Å²) in [4.78, 5) is 18.8. The highest BCUT2D eigenvalue weighted by molar-refractivity contribution is 6.33. The molecule has 0 aliphatic carbocycles. The van der Waals surface area contributed by atoms with Crippen molar-refractivity contribution in [2.24, 2.45) is 0 Å². The van der Waals surface area contributed by atoms with Crippen LogP contribution >= 0.6 is 11.6 Å². The third kappa shape index (κ3) is 5.15. The third-order valence-corrected chi connectivity index (χ3v) is 4.78. The molecule has 1 heterocycles. The molecular formula is C22H24ClN3O3. The van der Waals surface area contributed by atoms with E-state index in [4.69, 9.17) is 20.9 Å². The first-order chi connectivity index (χ1) is 13.9. The van der Waals surface area contributed by atoms with Gasteiger partial charge in [0.05, 0.1) is 11.6 Å². The van der Waals surface area contributed by atoms with E-state index < -0.39 is 6.10 Å². The molecule has 0 fully saturated rings. The molecular weight excluding hydrogens is 390 g/mol. The van der Waals surface area contributed by atoms with Gasteiger partial charge in [0.15, 0.2) is 6.10 Å². The fourth-order valence-electron chi connectivity index (χ4n) is 3.07. The molecule has 29 heavy (non-hydrogen) atoms. The number of hydrogen-bond acceptors (Lipinski definition) is 5. The summed E-state index contributed by atoms with van der Waals surface area (Å²) in [6, 6.07) is 13.2. The Morgan fingerprint density at radius 2 is 1.90 bits per heavy atom. The normalized spacial score (nSPS) is 11.9. The van der Waals surface area contributed by atoms with Crippen LogP contribution in [0.2, 0.25) is 5.02 Å². The Morgan fingerprint density at radius 3 is 2.55 bits per heavy atom. The predicted octanol–water partition coefficient (Wildman–Crippen LogP) is 4.82. The maximum absolute atomic E-state index is 12.9. The maximum atomic E-state index is 12.9. The smallest absolute Gasteiger partial charge is 0.263 e. The summed E-state index contributed by atoms with van der Waals surface area (Å²) in [7, 11) is 1.69. The fourth-order valence-corrected chi connectivity index (χ4v) is 3.29. The van der Waals surface area contributed by atoms with Crippen molar-refractivity contribution in [3.63, 3.8) is 0 Å². The molecule has 0 unspecified atom stereocenters. The van der Waals surface area contributed by atoms with Gasteiger partial charge >= 0.3 is 0 Å². The molecule has 3 aromatic rings. The Hall–Kier alpha value is -2.86. The van der Waals surface area contributed by atoms with Crippen LogP contribution in [0, 0.1) is 13.8 Å². The van der Waals surface area contributed by atoms with Crippen LogP contribution in [0.25, 0.3) is 11.4 Å². The molecule has 0 N–H and O–H groups in total. The summed E-state index contributed by atoms with van der Waals surface area (Å²) >= 11 is 6.18. The molecule has 0 saturated heterocycles. The van der Waals surface area contributed by atoms with Crippen molar-refractivity contribution < 1.29 is 14.1 Å². The second-order valence-corrected chi connectivity index (χ2v) is 7.43. The quantitative estimate of drug-likeness (QED) is 0.555. The van der Waals surface area contributed by atoms with E-state index >= 15 is 0 Å². The van der Waals surface area contributed by atoms with Gasteiger partial charge in [0.2, 0.25) is 11.7 Å². The van der Waals surface area contributed by atoms with Gasteiger partial charge in [0.1, 0.15) is 5.75 Å². The van der Waals surface area contributed by atoms with E-state index in [9.17, 15) is 4.79 Å². The highest BCUT2D eigenvalue weighted by atomic mass is 35.5. The van der Waals surface area contributed by atoms with E-state index in [-0.39, 0.29) is 12.5 Å². The van der Waals surface area contributed by atoms with E-state index in [2.05, 4.69) is 16.2 Å². The molecule has 6 nitrogen and oxygen atoms in total. The molecule has 1 aromatic heterocycles. The van der Waals surface area contributed by atoms with Crippen LogP contribution in [-0.2, 0) is 11.3 Å². The lowest BCUT2D eigenvalue weighted by Crippen LogP contribution is -2.39. The molecule has 2 aromatic carbocycles. The molecule has 0 bridgehead atoms. The minimum absolute atomic E-state index is 0.149. The van der Waals surface area contributed by atoms with E-state index in [1.165, 1.54) is 4.90 Å². The summed E-state index contributed by atoms with van der Waals surface area (Å²) in [6.45, 7) is 6.10. The molecule has 0 aliphatic rings. The number of hydrogen-bond donors (Lipinski definition) is 0. The van der Waals surface area contributed by atoms with Gasteiger partial charge in [-0.2, -0.15) is 4.98 Å². The molecule has 7 heteroatoms. The molecule has 0 spiro atoms. The van der Waals surface area contributed by atoms with Crippen LogP contribution in [0.1, 0.15) is 30.4 Å². The summed E-state index contributed by atoms with van der Waals surface area (Å²) in [5, 5.41) is 4.51. The molecule has 3 rings (SSSR count). The standard InChI is InChI=1S/C22H24ClN3O3/c1-5-19(28-16-11-14(2)10-15(3)12-16)22(27)26(4)13-20-24-21(25-29-20)17-8-6-7-9-18(17)23/h6-12,19H,5,13H2,1-4H3/t19-/m0/s1. The Labute approximate surface area is 175 Å².